The zero-order valence-corrected chi connectivity index (χ0v) is 40.1. The molecule has 0 heterocycles. The number of Topliss-reactive ketones (excluding diaryl/α,β-unsaturated/α-hetero) is 2. The van der Waals surface area contributed by atoms with Crippen LogP contribution in [0.4, 0.5) is 114 Å². The maximum absolute atomic E-state index is 15.4. The first-order chi connectivity index (χ1) is 32.3. The second-order valence-electron chi connectivity index (χ2n) is 18.2. The molecule has 4 rings (SSSR count). The topological polar surface area (TPSA) is 86.7 Å². The molecule has 2 aliphatic carbocycles. The van der Waals surface area contributed by atoms with Gasteiger partial charge in [0.05, 0.1) is 0 Å². The van der Waals surface area contributed by atoms with Crippen molar-refractivity contribution in [2.24, 2.45) is 10.8 Å². The van der Waals surface area contributed by atoms with E-state index in [0.717, 1.165) is 65.8 Å². The highest BCUT2D eigenvalue weighted by molar-refractivity contribution is 9.10. The molecule has 2 aromatic rings. The molecule has 0 saturated carbocycles. The minimum Gasteiger partial charge on any atom is -0.459 e. The Kier molecular flexibility index (Phi) is 15.8. The number of benzene rings is 2. The minimum atomic E-state index is -8.18. The average Bonchev–Trinajstić information content (AvgIpc) is 3.66. The lowest BCUT2D eigenvalue weighted by Gasteiger charge is -2.44. The van der Waals surface area contributed by atoms with E-state index in [9.17, 15) is 116 Å². The molecule has 2 aliphatic rings. The first kappa shape index (κ1) is 64.1. The van der Waals surface area contributed by atoms with E-state index in [-0.39, 0.29) is 8.95 Å². The Morgan fingerprint density at radius 1 is 0.405 bits per heavy atom. The molecule has 2 atom stereocenters. The number of carbonyl (C=O) groups is 4. The predicted molar refractivity (Wildman–Crippen MR) is 202 cm³/mol. The number of fused-ring (bicyclic) bond motifs is 2. The molecule has 74 heavy (non-hydrogen) atoms. The zero-order chi connectivity index (χ0) is 58.8. The molecule has 420 valence electrons. The number of carbonyl (C=O) groups excluding carboxylic acids is 4. The van der Waals surface area contributed by atoms with Crippen LogP contribution in [0, 0.1) is 10.8 Å². The van der Waals surface area contributed by atoms with E-state index in [4.69, 9.17) is 0 Å². The highest BCUT2D eigenvalue weighted by Gasteiger charge is 2.96. The summed E-state index contributed by atoms with van der Waals surface area (Å²) in [5.41, 5.74) is -16.5. The molecule has 0 fully saturated rings. The van der Waals surface area contributed by atoms with Gasteiger partial charge in [-0.25, -0.2) is 0 Å². The molecule has 34 heteroatoms. The third-order valence-electron chi connectivity index (χ3n) is 10.7. The van der Waals surface area contributed by atoms with Gasteiger partial charge in [-0.05, 0) is 89.1 Å². The van der Waals surface area contributed by atoms with Crippen molar-refractivity contribution in [3.8, 4) is 0 Å². The number of rotatable bonds is 12. The normalized spacial score (nSPS) is 20.2. The summed E-state index contributed by atoms with van der Waals surface area (Å²) in [6, 6.07) is 4.88. The summed E-state index contributed by atoms with van der Waals surface area (Å²) >= 11 is 5.65. The molecule has 0 N–H and O–H groups in total. The van der Waals surface area contributed by atoms with Crippen LogP contribution in [0.1, 0.15) is 73.4 Å². The molecule has 6 nitrogen and oxygen atoms in total. The minimum absolute atomic E-state index is 0.0178. The van der Waals surface area contributed by atoms with Gasteiger partial charge in [0.25, 0.3) is 0 Å². The van der Waals surface area contributed by atoms with Gasteiger partial charge in [-0.15, -0.1) is 0 Å². The van der Waals surface area contributed by atoms with Crippen LogP contribution in [-0.4, -0.2) is 106 Å². The summed E-state index contributed by atoms with van der Waals surface area (Å²) in [5, 5.41) is 0. The number of ketones is 2. The van der Waals surface area contributed by atoms with E-state index in [2.05, 4.69) is 41.3 Å². The number of hydrogen-bond donors (Lipinski definition) is 0. The monoisotopic (exact) mass is 1260 g/mol. The summed E-state index contributed by atoms with van der Waals surface area (Å²) in [5.74, 6) is -88.3. The molecule has 0 saturated heterocycles. The largest absolute Gasteiger partial charge is 0.460 e. The van der Waals surface area contributed by atoms with Crippen molar-refractivity contribution in [2.75, 3.05) is 0 Å². The third kappa shape index (κ3) is 9.17. The number of halogens is 28. The Balaban J connectivity index is 0.000000390. The molecule has 0 spiro atoms. The van der Waals surface area contributed by atoms with Crippen molar-refractivity contribution in [2.45, 2.75) is 137 Å². The van der Waals surface area contributed by atoms with Gasteiger partial charge >= 0.3 is 83.5 Å². The van der Waals surface area contributed by atoms with Crippen molar-refractivity contribution >= 4 is 55.4 Å². The third-order valence-corrected chi connectivity index (χ3v) is 11.7. The maximum atomic E-state index is 15.4. The molecule has 0 unspecified atom stereocenters. The Morgan fingerprint density at radius 3 is 0.851 bits per heavy atom. The number of alkyl halides is 26. The van der Waals surface area contributed by atoms with Crippen LogP contribution in [0.2, 0.25) is 0 Å². The highest BCUT2D eigenvalue weighted by Crippen LogP contribution is 2.67. The van der Waals surface area contributed by atoms with Crippen molar-refractivity contribution in [3.63, 3.8) is 0 Å². The quantitative estimate of drug-likeness (QED) is 0.120. The van der Waals surface area contributed by atoms with Crippen LogP contribution in [0.15, 0.2) is 45.3 Å². The van der Waals surface area contributed by atoms with Gasteiger partial charge in [-0.2, -0.15) is 114 Å². The molecule has 0 amide bonds. The molecule has 0 radical (unpaired) electrons. The van der Waals surface area contributed by atoms with Crippen LogP contribution >= 0.6 is 31.9 Å². The summed E-state index contributed by atoms with van der Waals surface area (Å²) in [6.45, 7) is 5.69. The van der Waals surface area contributed by atoms with E-state index < -0.39 is 152 Å². The predicted octanol–water partition coefficient (Wildman–Crippen LogP) is 14.5. The van der Waals surface area contributed by atoms with Crippen LogP contribution < -0.4 is 0 Å². The standard InChI is InChI=1S/2C20H14BrF13O3/c2*1-13(2,3)37-12(36)14(7-8-6-9(21)4-5-10(8)11(14)35)15(22,23)16(24,25)17(26,27)18(28,29)19(30,31)20(32,33)34/h2*4-6H,7H2,1-3H3/t2*14-/m00/s1. The fraction of sp³-hybridized carbons (Fsp3) is 0.600. The van der Waals surface area contributed by atoms with Gasteiger partial charge in [0.15, 0.2) is 11.6 Å². The molecule has 0 aliphatic heterocycles. The van der Waals surface area contributed by atoms with Gasteiger partial charge in [0.1, 0.15) is 11.2 Å². The average molecular weight is 1260 g/mol. The fourth-order valence-corrected chi connectivity index (χ4v) is 7.77. The molecular weight excluding hydrogens is 1230 g/mol. The second kappa shape index (κ2) is 18.2. The number of esters is 2. The Labute approximate surface area is 413 Å². The smallest absolute Gasteiger partial charge is 0.459 e. The van der Waals surface area contributed by atoms with E-state index in [0.29, 0.717) is 12.1 Å². The summed E-state index contributed by atoms with van der Waals surface area (Å²) in [7, 11) is 0. The Bertz CT molecular complexity index is 2380. The van der Waals surface area contributed by atoms with Gasteiger partial charge in [0, 0.05) is 32.9 Å². The zero-order valence-electron chi connectivity index (χ0n) is 36.9. The first-order valence-electron chi connectivity index (χ1n) is 19.3. The van der Waals surface area contributed by atoms with Gasteiger partial charge < -0.3 is 9.47 Å². The first-order valence-corrected chi connectivity index (χ1v) is 20.9. The van der Waals surface area contributed by atoms with E-state index >= 15 is 17.6 Å². The lowest BCUT2D eigenvalue weighted by molar-refractivity contribution is -0.444. The van der Waals surface area contributed by atoms with Crippen molar-refractivity contribution in [1.82, 2.24) is 0 Å². The summed E-state index contributed by atoms with van der Waals surface area (Å²) in [4.78, 5) is 51.3. The van der Waals surface area contributed by atoms with E-state index in [1.165, 1.54) is 0 Å². The lowest BCUT2D eigenvalue weighted by Crippen LogP contribution is -2.74. The van der Waals surface area contributed by atoms with E-state index in [1.807, 2.05) is 0 Å². The Hall–Kier alpha value is -4.14. The molecular formula is C40H28Br2F26O6. The van der Waals surface area contributed by atoms with Gasteiger partial charge in [0.2, 0.25) is 10.8 Å². The van der Waals surface area contributed by atoms with Crippen LogP contribution in [0.25, 0.3) is 0 Å². The van der Waals surface area contributed by atoms with Gasteiger partial charge in [-0.3, -0.25) is 19.2 Å². The lowest BCUT2D eigenvalue weighted by atomic mass is 9.72. The molecule has 0 bridgehead atoms. The van der Waals surface area contributed by atoms with Gasteiger partial charge in [-0.1, -0.05) is 31.9 Å². The molecule has 0 aromatic heterocycles. The summed E-state index contributed by atoms with van der Waals surface area (Å²) < 4.78 is 368. The second-order valence-corrected chi connectivity index (χ2v) is 20.0. The molecule has 2 aromatic carbocycles. The SMILES string of the molecule is CC(C)(C)OC(=O)[C@]1(C(F)(F)C(F)(F)C(F)(F)C(F)(F)C(F)(F)C(F)(F)F)Cc2cc(Br)ccc2C1=O.CC(C)(C)OC(=O)[C@]1(C(F)(F)C(F)(F)C(F)(F)C(F)(F)C(F)(F)C(F)(F)F)Cc2cc(Br)ccc2C1=O. The summed E-state index contributed by atoms with van der Waals surface area (Å²) in [6.07, 6.45) is -19.0. The maximum Gasteiger partial charge on any atom is 0.460 e. The number of ether oxygens (including phenoxy) is 2. The van der Waals surface area contributed by atoms with Crippen LogP contribution in [0.5, 0.6) is 0 Å². The number of hydrogen-bond acceptors (Lipinski definition) is 6. The van der Waals surface area contributed by atoms with E-state index in [1.54, 1.807) is 0 Å². The van der Waals surface area contributed by atoms with Crippen molar-refractivity contribution in [1.29, 1.82) is 0 Å². The van der Waals surface area contributed by atoms with Crippen LogP contribution in [0.3, 0.4) is 0 Å². The van der Waals surface area contributed by atoms with Crippen molar-refractivity contribution < 1.29 is 143 Å². The van der Waals surface area contributed by atoms with Crippen molar-refractivity contribution in [3.05, 3.63) is 67.6 Å². The van der Waals surface area contributed by atoms with Crippen LogP contribution in [-0.2, 0) is 31.9 Å². The Morgan fingerprint density at radius 2 is 0.635 bits per heavy atom. The fourth-order valence-electron chi connectivity index (χ4n) is 6.95. The highest BCUT2D eigenvalue weighted by atomic mass is 79.9.